The fraction of sp³-hybridized carbons (Fsp3) is 0.833. The number of nitrogens with one attached hydrogen (secondary N) is 2. The summed E-state index contributed by atoms with van der Waals surface area (Å²) in [6.07, 6.45) is 1.13. The van der Waals surface area contributed by atoms with E-state index in [1.807, 2.05) is 20.8 Å². The zero-order chi connectivity index (χ0) is 14.0. The van der Waals surface area contributed by atoms with E-state index >= 15 is 0 Å². The van der Waals surface area contributed by atoms with E-state index in [0.29, 0.717) is 38.5 Å². The highest BCUT2D eigenvalue weighted by atomic mass is 16.5. The normalized spacial score (nSPS) is 12.2. The van der Waals surface area contributed by atoms with Crippen molar-refractivity contribution in [2.24, 2.45) is 5.92 Å². The number of hydrogen-bond acceptors (Lipinski definition) is 3. The summed E-state index contributed by atoms with van der Waals surface area (Å²) < 4.78 is 5.29. The van der Waals surface area contributed by atoms with Gasteiger partial charge in [-0.2, -0.15) is 0 Å². The van der Waals surface area contributed by atoms with Gasteiger partial charge in [0.25, 0.3) is 0 Å². The largest absolute Gasteiger partial charge is 0.480 e. The van der Waals surface area contributed by atoms with E-state index in [1.54, 1.807) is 0 Å². The summed E-state index contributed by atoms with van der Waals surface area (Å²) in [5.74, 6) is -0.553. The average Bonchev–Trinajstić information content (AvgIpc) is 2.27. The average molecular weight is 260 g/mol. The second kappa shape index (κ2) is 9.70. The molecule has 0 rings (SSSR count). The smallest absolute Gasteiger partial charge is 0.326 e. The van der Waals surface area contributed by atoms with Crippen molar-refractivity contribution in [3.05, 3.63) is 0 Å². The summed E-state index contributed by atoms with van der Waals surface area (Å²) in [6.45, 7) is 7.41. The third kappa shape index (κ3) is 8.81. The lowest BCUT2D eigenvalue weighted by Crippen LogP contribution is -2.46. The minimum atomic E-state index is -1.01. The number of ether oxygens (including phenoxy) is 1. The van der Waals surface area contributed by atoms with Gasteiger partial charge in [0, 0.05) is 13.2 Å². The lowest BCUT2D eigenvalue weighted by atomic mass is 10.2. The first-order valence-electron chi connectivity index (χ1n) is 6.32. The number of rotatable bonds is 9. The van der Waals surface area contributed by atoms with E-state index in [0.717, 1.165) is 0 Å². The molecular formula is C12H24N2O4. The number of carbonyl (C=O) groups excluding carboxylic acids is 1. The molecule has 0 aliphatic heterocycles. The minimum absolute atomic E-state index is 0.372. The van der Waals surface area contributed by atoms with Gasteiger partial charge in [-0.05, 0) is 12.3 Å². The van der Waals surface area contributed by atoms with E-state index in [4.69, 9.17) is 9.84 Å². The Morgan fingerprint density at radius 1 is 1.33 bits per heavy atom. The molecule has 0 heterocycles. The molecule has 1 atom stereocenters. The van der Waals surface area contributed by atoms with Crippen LogP contribution in [0.2, 0.25) is 0 Å². The van der Waals surface area contributed by atoms with Gasteiger partial charge in [0.05, 0.1) is 6.61 Å². The zero-order valence-corrected chi connectivity index (χ0v) is 11.4. The van der Waals surface area contributed by atoms with Crippen LogP contribution >= 0.6 is 0 Å². The fourth-order valence-corrected chi connectivity index (χ4v) is 1.31. The molecule has 3 N–H and O–H groups in total. The molecule has 0 fully saturated rings. The molecular weight excluding hydrogens is 236 g/mol. The van der Waals surface area contributed by atoms with Gasteiger partial charge in [0.1, 0.15) is 6.04 Å². The molecule has 0 saturated carbocycles. The molecule has 0 unspecified atom stereocenters. The second-order valence-electron chi connectivity index (χ2n) is 4.55. The third-order valence-electron chi connectivity index (χ3n) is 2.16. The van der Waals surface area contributed by atoms with Crippen molar-refractivity contribution in [1.82, 2.24) is 10.6 Å². The Morgan fingerprint density at radius 3 is 2.50 bits per heavy atom. The quantitative estimate of drug-likeness (QED) is 0.544. The van der Waals surface area contributed by atoms with Crippen LogP contribution in [0, 0.1) is 5.92 Å². The van der Waals surface area contributed by atoms with Gasteiger partial charge in [-0.1, -0.05) is 27.2 Å². The molecule has 0 aliphatic carbocycles. The van der Waals surface area contributed by atoms with Gasteiger partial charge in [0.2, 0.25) is 0 Å². The lowest BCUT2D eigenvalue weighted by molar-refractivity contribution is -0.139. The maximum absolute atomic E-state index is 11.4. The Hall–Kier alpha value is -1.30. The van der Waals surface area contributed by atoms with E-state index in [-0.39, 0.29) is 0 Å². The first-order chi connectivity index (χ1) is 8.47. The molecule has 18 heavy (non-hydrogen) atoms. The number of aliphatic carboxylic acids is 1. The maximum atomic E-state index is 11.4. The minimum Gasteiger partial charge on any atom is -0.480 e. The van der Waals surface area contributed by atoms with Gasteiger partial charge in [-0.25, -0.2) is 9.59 Å². The van der Waals surface area contributed by atoms with Crippen molar-refractivity contribution in [3.8, 4) is 0 Å². The highest BCUT2D eigenvalue weighted by Crippen LogP contribution is 1.96. The molecule has 0 saturated heterocycles. The van der Waals surface area contributed by atoms with E-state index in [1.165, 1.54) is 0 Å². The maximum Gasteiger partial charge on any atom is 0.326 e. The topological polar surface area (TPSA) is 87.7 Å². The summed E-state index contributed by atoms with van der Waals surface area (Å²) in [6, 6.07) is -1.30. The van der Waals surface area contributed by atoms with Crippen molar-refractivity contribution >= 4 is 12.0 Å². The Labute approximate surface area is 108 Å². The molecule has 2 amide bonds. The van der Waals surface area contributed by atoms with Crippen LogP contribution in [-0.4, -0.2) is 42.9 Å². The molecule has 0 spiro atoms. The Bertz CT molecular complexity index is 256. The van der Waals surface area contributed by atoms with Crippen LogP contribution in [0.1, 0.15) is 33.6 Å². The fourth-order valence-electron chi connectivity index (χ4n) is 1.31. The van der Waals surface area contributed by atoms with E-state index < -0.39 is 18.0 Å². The van der Waals surface area contributed by atoms with Crippen LogP contribution in [0.3, 0.4) is 0 Å². The molecule has 106 valence electrons. The number of hydrogen-bond donors (Lipinski definition) is 3. The molecule has 0 aromatic heterocycles. The SMILES string of the molecule is CCC[C@@H](NC(=O)NCCOCC(C)C)C(=O)O. The van der Waals surface area contributed by atoms with Gasteiger partial charge in [-0.3, -0.25) is 0 Å². The number of carboxylic acid groups (broad SMARTS) is 1. The van der Waals surface area contributed by atoms with Crippen LogP contribution in [0.4, 0.5) is 4.79 Å². The number of carbonyl (C=O) groups is 2. The first kappa shape index (κ1) is 16.7. The first-order valence-corrected chi connectivity index (χ1v) is 6.32. The van der Waals surface area contributed by atoms with Crippen molar-refractivity contribution < 1.29 is 19.4 Å². The molecule has 0 aromatic carbocycles. The highest BCUT2D eigenvalue weighted by molar-refractivity contribution is 5.82. The van der Waals surface area contributed by atoms with Crippen molar-refractivity contribution in [2.75, 3.05) is 19.8 Å². The molecule has 0 aromatic rings. The third-order valence-corrected chi connectivity index (χ3v) is 2.16. The Balaban J connectivity index is 3.71. The van der Waals surface area contributed by atoms with Crippen LogP contribution in [0.15, 0.2) is 0 Å². The number of urea groups is 1. The number of amides is 2. The van der Waals surface area contributed by atoms with Crippen LogP contribution in [0.5, 0.6) is 0 Å². The van der Waals surface area contributed by atoms with Crippen LogP contribution in [-0.2, 0) is 9.53 Å². The Morgan fingerprint density at radius 2 is 2.00 bits per heavy atom. The molecule has 0 aliphatic rings. The van der Waals surface area contributed by atoms with E-state index in [2.05, 4.69) is 10.6 Å². The van der Waals surface area contributed by atoms with Crippen molar-refractivity contribution in [1.29, 1.82) is 0 Å². The summed E-state index contributed by atoms with van der Waals surface area (Å²) >= 11 is 0. The molecule has 0 radical (unpaired) electrons. The van der Waals surface area contributed by atoms with Gasteiger partial charge < -0.3 is 20.5 Å². The highest BCUT2D eigenvalue weighted by Gasteiger charge is 2.18. The second-order valence-corrected chi connectivity index (χ2v) is 4.55. The predicted octanol–water partition coefficient (Wildman–Crippen LogP) is 1.21. The summed E-state index contributed by atoms with van der Waals surface area (Å²) in [5.41, 5.74) is 0. The molecule has 0 bridgehead atoms. The summed E-state index contributed by atoms with van der Waals surface area (Å²) in [5, 5.41) is 13.8. The van der Waals surface area contributed by atoms with Gasteiger partial charge >= 0.3 is 12.0 Å². The summed E-state index contributed by atoms with van der Waals surface area (Å²) in [7, 11) is 0. The summed E-state index contributed by atoms with van der Waals surface area (Å²) in [4.78, 5) is 22.2. The van der Waals surface area contributed by atoms with Gasteiger partial charge in [-0.15, -0.1) is 0 Å². The van der Waals surface area contributed by atoms with Crippen molar-refractivity contribution in [2.45, 2.75) is 39.7 Å². The molecule has 6 heteroatoms. The van der Waals surface area contributed by atoms with Crippen molar-refractivity contribution in [3.63, 3.8) is 0 Å². The van der Waals surface area contributed by atoms with E-state index in [9.17, 15) is 9.59 Å². The Kier molecular flexibility index (Phi) is 9.00. The predicted molar refractivity (Wildman–Crippen MR) is 68.5 cm³/mol. The zero-order valence-electron chi connectivity index (χ0n) is 11.4. The lowest BCUT2D eigenvalue weighted by Gasteiger charge is -2.14. The monoisotopic (exact) mass is 260 g/mol. The number of carboxylic acids is 1. The molecule has 6 nitrogen and oxygen atoms in total. The van der Waals surface area contributed by atoms with Crippen LogP contribution < -0.4 is 10.6 Å². The van der Waals surface area contributed by atoms with Gasteiger partial charge in [0.15, 0.2) is 0 Å². The van der Waals surface area contributed by atoms with Crippen LogP contribution in [0.25, 0.3) is 0 Å². The standard InChI is InChI=1S/C12H24N2O4/c1-4-5-10(11(15)16)14-12(17)13-6-7-18-8-9(2)3/h9-10H,4-8H2,1-3H3,(H,15,16)(H2,13,14,17)/t10-/m1/s1.